The highest BCUT2D eigenvalue weighted by atomic mass is 16.1. The van der Waals surface area contributed by atoms with Crippen LogP contribution in [0.3, 0.4) is 0 Å². The third kappa shape index (κ3) is 5.48. The molecule has 0 aromatic carbocycles. The van der Waals surface area contributed by atoms with Crippen LogP contribution in [0.2, 0.25) is 0 Å². The highest BCUT2D eigenvalue weighted by molar-refractivity contribution is 5.72. The largest absolute Gasteiger partial charge is 0.355 e. The Morgan fingerprint density at radius 2 is 1.71 bits per heavy atom. The Labute approximate surface area is 105 Å². The second-order valence-corrected chi connectivity index (χ2v) is 5.14. The van der Waals surface area contributed by atoms with E-state index in [0.717, 1.165) is 39.3 Å². The van der Waals surface area contributed by atoms with E-state index in [2.05, 4.69) is 41.2 Å². The summed E-state index contributed by atoms with van der Waals surface area (Å²) in [6.45, 7) is 7.64. The summed E-state index contributed by atoms with van der Waals surface area (Å²) >= 11 is 0. The van der Waals surface area contributed by atoms with E-state index in [9.17, 15) is 4.79 Å². The minimum absolute atomic E-state index is 0.0537. The summed E-state index contributed by atoms with van der Waals surface area (Å²) in [7, 11) is 6.45. The quantitative estimate of drug-likeness (QED) is 0.695. The van der Waals surface area contributed by atoms with Crippen LogP contribution in [-0.2, 0) is 4.79 Å². The van der Waals surface area contributed by atoms with Crippen LogP contribution in [-0.4, -0.2) is 87.1 Å². The van der Waals surface area contributed by atoms with Gasteiger partial charge in [-0.1, -0.05) is 0 Å². The number of carbonyl (C=O) groups is 1. The maximum absolute atomic E-state index is 11.0. The van der Waals surface area contributed by atoms with Gasteiger partial charge in [0.15, 0.2) is 0 Å². The number of nitrogens with one attached hydrogen (secondary N) is 1. The van der Waals surface area contributed by atoms with Gasteiger partial charge in [0.2, 0.25) is 5.91 Å². The minimum atomic E-state index is 0.0537. The van der Waals surface area contributed by atoms with E-state index in [1.807, 2.05) is 0 Å². The molecule has 0 aromatic heterocycles. The lowest BCUT2D eigenvalue weighted by atomic mass is 10.2. The molecule has 1 aliphatic heterocycles. The Morgan fingerprint density at radius 3 is 2.35 bits per heavy atom. The number of rotatable bonds is 2. The van der Waals surface area contributed by atoms with Gasteiger partial charge in [0.25, 0.3) is 0 Å². The summed E-state index contributed by atoms with van der Waals surface area (Å²) in [6.07, 6.45) is 0. The third-order valence-corrected chi connectivity index (χ3v) is 3.43. The highest BCUT2D eigenvalue weighted by Crippen LogP contribution is 2.02. The van der Waals surface area contributed by atoms with Gasteiger partial charge in [-0.15, -0.1) is 0 Å². The first-order valence-corrected chi connectivity index (χ1v) is 6.31. The third-order valence-electron chi connectivity index (χ3n) is 3.43. The van der Waals surface area contributed by atoms with Crippen LogP contribution >= 0.6 is 0 Å². The molecule has 1 saturated heterocycles. The van der Waals surface area contributed by atoms with Gasteiger partial charge in [-0.3, -0.25) is 9.69 Å². The van der Waals surface area contributed by atoms with Crippen molar-refractivity contribution in [1.82, 2.24) is 20.0 Å². The number of amides is 1. The molecular weight excluding hydrogens is 216 g/mol. The molecule has 1 aliphatic rings. The SMILES string of the molecule is CC(=O)NCC1CN(C)CCN(C)CCN1C. The predicted molar refractivity (Wildman–Crippen MR) is 70.1 cm³/mol. The Kier molecular flexibility index (Phi) is 5.88. The molecule has 0 saturated carbocycles. The smallest absolute Gasteiger partial charge is 0.216 e. The summed E-state index contributed by atoms with van der Waals surface area (Å²) in [4.78, 5) is 18.0. The first-order chi connectivity index (χ1) is 7.99. The van der Waals surface area contributed by atoms with E-state index in [1.165, 1.54) is 0 Å². The molecule has 1 amide bonds. The van der Waals surface area contributed by atoms with Gasteiger partial charge in [-0.2, -0.15) is 0 Å². The maximum atomic E-state index is 11.0. The van der Waals surface area contributed by atoms with E-state index in [0.29, 0.717) is 6.04 Å². The number of likely N-dealkylation sites (N-methyl/N-ethyl adjacent to an activating group) is 3. The van der Waals surface area contributed by atoms with E-state index in [4.69, 9.17) is 0 Å². The Bertz CT molecular complexity index is 247. The van der Waals surface area contributed by atoms with Crippen LogP contribution in [0.5, 0.6) is 0 Å². The van der Waals surface area contributed by atoms with Gasteiger partial charge in [0.05, 0.1) is 0 Å². The molecule has 1 heterocycles. The number of nitrogens with zero attached hydrogens (tertiary/aromatic N) is 3. The normalized spacial score (nSPS) is 26.0. The van der Waals surface area contributed by atoms with Gasteiger partial charge in [-0.25, -0.2) is 0 Å². The molecule has 5 nitrogen and oxygen atoms in total. The number of hydrogen-bond acceptors (Lipinski definition) is 4. The summed E-state index contributed by atoms with van der Waals surface area (Å²) in [5.41, 5.74) is 0. The molecule has 0 radical (unpaired) electrons. The summed E-state index contributed by atoms with van der Waals surface area (Å²) < 4.78 is 0. The minimum Gasteiger partial charge on any atom is -0.355 e. The summed E-state index contributed by atoms with van der Waals surface area (Å²) in [5, 5.41) is 2.93. The molecule has 1 N–H and O–H groups in total. The molecule has 0 bridgehead atoms. The van der Waals surface area contributed by atoms with Crippen molar-refractivity contribution in [2.75, 3.05) is 60.4 Å². The molecule has 0 aliphatic carbocycles. The van der Waals surface area contributed by atoms with Gasteiger partial charge in [-0.05, 0) is 21.1 Å². The van der Waals surface area contributed by atoms with Crippen LogP contribution in [0.4, 0.5) is 0 Å². The Morgan fingerprint density at radius 1 is 1.12 bits per heavy atom. The lowest BCUT2D eigenvalue weighted by Crippen LogP contribution is -2.48. The van der Waals surface area contributed by atoms with Gasteiger partial charge >= 0.3 is 0 Å². The second kappa shape index (κ2) is 6.93. The fraction of sp³-hybridized carbons (Fsp3) is 0.917. The highest BCUT2D eigenvalue weighted by Gasteiger charge is 2.19. The van der Waals surface area contributed by atoms with Crippen LogP contribution in [0.15, 0.2) is 0 Å². The van der Waals surface area contributed by atoms with Crippen molar-refractivity contribution in [3.8, 4) is 0 Å². The molecule has 17 heavy (non-hydrogen) atoms. The van der Waals surface area contributed by atoms with E-state index in [1.54, 1.807) is 6.92 Å². The molecule has 1 rings (SSSR count). The average molecular weight is 242 g/mol. The maximum Gasteiger partial charge on any atom is 0.216 e. The van der Waals surface area contributed by atoms with Crippen LogP contribution in [0.1, 0.15) is 6.92 Å². The second-order valence-electron chi connectivity index (χ2n) is 5.14. The molecular formula is C12H26N4O. The molecule has 100 valence electrons. The lowest BCUT2D eigenvalue weighted by molar-refractivity contribution is -0.119. The summed E-state index contributed by atoms with van der Waals surface area (Å²) in [5.74, 6) is 0.0537. The average Bonchev–Trinajstić information content (AvgIpc) is 2.32. The van der Waals surface area contributed by atoms with E-state index >= 15 is 0 Å². The van der Waals surface area contributed by atoms with Crippen molar-refractivity contribution in [3.63, 3.8) is 0 Å². The van der Waals surface area contributed by atoms with E-state index < -0.39 is 0 Å². The van der Waals surface area contributed by atoms with E-state index in [-0.39, 0.29) is 5.91 Å². The van der Waals surface area contributed by atoms with Crippen LogP contribution < -0.4 is 5.32 Å². The van der Waals surface area contributed by atoms with Crippen molar-refractivity contribution < 1.29 is 4.79 Å². The topological polar surface area (TPSA) is 38.8 Å². The molecule has 1 atom stereocenters. The molecule has 1 unspecified atom stereocenters. The first kappa shape index (κ1) is 14.4. The fourth-order valence-electron chi connectivity index (χ4n) is 2.04. The molecule has 0 spiro atoms. The first-order valence-electron chi connectivity index (χ1n) is 6.31. The molecule has 0 aromatic rings. The van der Waals surface area contributed by atoms with Crippen molar-refractivity contribution in [2.24, 2.45) is 0 Å². The number of carbonyl (C=O) groups excluding carboxylic acids is 1. The lowest BCUT2D eigenvalue weighted by Gasteiger charge is -2.30. The van der Waals surface area contributed by atoms with Gasteiger partial charge in [0.1, 0.15) is 0 Å². The summed E-state index contributed by atoms with van der Waals surface area (Å²) in [6, 6.07) is 0.399. The van der Waals surface area contributed by atoms with Gasteiger partial charge in [0, 0.05) is 52.2 Å². The van der Waals surface area contributed by atoms with Crippen molar-refractivity contribution in [2.45, 2.75) is 13.0 Å². The Hall–Kier alpha value is -0.650. The van der Waals surface area contributed by atoms with Crippen LogP contribution in [0.25, 0.3) is 0 Å². The standard InChI is InChI=1S/C12H26N4O/c1-11(17)13-9-12-10-15(3)6-5-14(2)7-8-16(12)4/h12H,5-10H2,1-4H3,(H,13,17). The van der Waals surface area contributed by atoms with Crippen molar-refractivity contribution >= 4 is 5.91 Å². The fourth-order valence-corrected chi connectivity index (χ4v) is 2.04. The number of hydrogen-bond donors (Lipinski definition) is 1. The Balaban J connectivity index is 2.54. The zero-order valence-electron chi connectivity index (χ0n) is 11.6. The van der Waals surface area contributed by atoms with Crippen molar-refractivity contribution in [1.29, 1.82) is 0 Å². The monoisotopic (exact) mass is 242 g/mol. The predicted octanol–water partition coefficient (Wildman–Crippen LogP) is -0.700. The zero-order chi connectivity index (χ0) is 12.8. The van der Waals surface area contributed by atoms with Crippen molar-refractivity contribution in [3.05, 3.63) is 0 Å². The van der Waals surface area contributed by atoms with Gasteiger partial charge < -0.3 is 15.1 Å². The van der Waals surface area contributed by atoms with Crippen LogP contribution in [0, 0.1) is 0 Å². The zero-order valence-corrected chi connectivity index (χ0v) is 11.6. The molecule has 5 heteroatoms. The molecule has 1 fully saturated rings.